The maximum atomic E-state index is 11.9. The highest BCUT2D eigenvalue weighted by Gasteiger charge is 2.45. The Kier molecular flexibility index (Phi) is 2.01. The van der Waals surface area contributed by atoms with E-state index in [1.54, 1.807) is 0 Å². The first-order valence-electron chi connectivity index (χ1n) is 5.12. The van der Waals surface area contributed by atoms with Crippen LogP contribution in [0.1, 0.15) is 28.8 Å². The zero-order chi connectivity index (χ0) is 10.5. The molecule has 0 amide bonds. The SMILES string of the molecule is O=C1CC2(CCOC2)c2cc(Br)ccc21. The van der Waals surface area contributed by atoms with Gasteiger partial charge in [0.1, 0.15) is 0 Å². The zero-order valence-corrected chi connectivity index (χ0v) is 9.84. The zero-order valence-electron chi connectivity index (χ0n) is 8.25. The summed E-state index contributed by atoms with van der Waals surface area (Å²) >= 11 is 3.46. The Morgan fingerprint density at radius 2 is 2.27 bits per heavy atom. The Labute approximate surface area is 96.8 Å². The van der Waals surface area contributed by atoms with E-state index in [1.165, 1.54) is 5.56 Å². The average molecular weight is 267 g/mol. The minimum Gasteiger partial charge on any atom is -0.380 e. The summed E-state index contributed by atoms with van der Waals surface area (Å²) in [7, 11) is 0. The van der Waals surface area contributed by atoms with Crippen molar-refractivity contribution in [2.75, 3.05) is 13.2 Å². The van der Waals surface area contributed by atoms with Gasteiger partial charge in [-0.1, -0.05) is 15.9 Å². The molecular weight excluding hydrogens is 256 g/mol. The van der Waals surface area contributed by atoms with E-state index in [-0.39, 0.29) is 11.2 Å². The topological polar surface area (TPSA) is 26.3 Å². The third-order valence-electron chi connectivity index (χ3n) is 3.46. The van der Waals surface area contributed by atoms with Crippen LogP contribution in [0.25, 0.3) is 0 Å². The molecule has 1 aliphatic heterocycles. The van der Waals surface area contributed by atoms with Crippen molar-refractivity contribution in [3.63, 3.8) is 0 Å². The summed E-state index contributed by atoms with van der Waals surface area (Å²) in [5, 5.41) is 0. The van der Waals surface area contributed by atoms with Crippen LogP contribution >= 0.6 is 15.9 Å². The molecule has 1 saturated heterocycles. The van der Waals surface area contributed by atoms with Crippen molar-refractivity contribution < 1.29 is 9.53 Å². The number of fused-ring (bicyclic) bond motifs is 2. The number of benzene rings is 1. The second kappa shape index (κ2) is 3.16. The van der Waals surface area contributed by atoms with Crippen LogP contribution in [-0.4, -0.2) is 19.0 Å². The van der Waals surface area contributed by atoms with E-state index >= 15 is 0 Å². The molecule has 1 aliphatic carbocycles. The second-order valence-electron chi connectivity index (χ2n) is 4.37. The van der Waals surface area contributed by atoms with Crippen molar-refractivity contribution in [2.45, 2.75) is 18.3 Å². The van der Waals surface area contributed by atoms with Gasteiger partial charge in [0.2, 0.25) is 0 Å². The number of carbonyl (C=O) groups is 1. The molecule has 1 spiro atoms. The number of carbonyl (C=O) groups excluding carboxylic acids is 1. The number of ketones is 1. The molecule has 1 atom stereocenters. The largest absolute Gasteiger partial charge is 0.380 e. The average Bonchev–Trinajstić information content (AvgIpc) is 2.76. The number of hydrogen-bond acceptors (Lipinski definition) is 2. The van der Waals surface area contributed by atoms with Crippen LogP contribution in [0.15, 0.2) is 22.7 Å². The third kappa shape index (κ3) is 1.30. The molecule has 78 valence electrons. The van der Waals surface area contributed by atoms with E-state index in [4.69, 9.17) is 4.74 Å². The van der Waals surface area contributed by atoms with Gasteiger partial charge < -0.3 is 4.74 Å². The van der Waals surface area contributed by atoms with E-state index in [2.05, 4.69) is 22.0 Å². The summed E-state index contributed by atoms with van der Waals surface area (Å²) < 4.78 is 6.50. The van der Waals surface area contributed by atoms with Crippen molar-refractivity contribution in [1.82, 2.24) is 0 Å². The van der Waals surface area contributed by atoms with Gasteiger partial charge in [-0.2, -0.15) is 0 Å². The number of halogens is 1. The summed E-state index contributed by atoms with van der Waals surface area (Å²) in [6.07, 6.45) is 1.60. The Bertz CT molecular complexity index is 433. The maximum absolute atomic E-state index is 11.9. The van der Waals surface area contributed by atoms with Crippen LogP contribution < -0.4 is 0 Å². The molecule has 1 unspecified atom stereocenters. The quantitative estimate of drug-likeness (QED) is 0.722. The first-order chi connectivity index (χ1) is 7.21. The summed E-state index contributed by atoms with van der Waals surface area (Å²) in [5.74, 6) is 0.267. The summed E-state index contributed by atoms with van der Waals surface area (Å²) in [4.78, 5) is 11.9. The molecule has 15 heavy (non-hydrogen) atoms. The molecule has 1 fully saturated rings. The fraction of sp³-hybridized carbons (Fsp3) is 0.417. The Hall–Kier alpha value is -0.670. The van der Waals surface area contributed by atoms with Crippen molar-refractivity contribution in [2.24, 2.45) is 0 Å². The molecule has 0 radical (unpaired) electrons. The van der Waals surface area contributed by atoms with Gasteiger partial charge in [-0.15, -0.1) is 0 Å². The van der Waals surface area contributed by atoms with Crippen molar-refractivity contribution in [3.05, 3.63) is 33.8 Å². The van der Waals surface area contributed by atoms with Crippen molar-refractivity contribution in [1.29, 1.82) is 0 Å². The van der Waals surface area contributed by atoms with Crippen LogP contribution in [0.5, 0.6) is 0 Å². The standard InChI is InChI=1S/C12H11BrO2/c13-8-1-2-9-10(5-8)12(6-11(9)14)3-4-15-7-12/h1-2,5H,3-4,6-7H2. The molecule has 1 aromatic carbocycles. The predicted octanol–water partition coefficient (Wildman–Crippen LogP) is 2.69. The van der Waals surface area contributed by atoms with Crippen molar-refractivity contribution >= 4 is 21.7 Å². The Morgan fingerprint density at radius 3 is 3.00 bits per heavy atom. The molecular formula is C12H11BrO2. The van der Waals surface area contributed by atoms with Crippen LogP contribution in [0, 0.1) is 0 Å². The smallest absolute Gasteiger partial charge is 0.164 e. The molecule has 0 saturated carbocycles. The monoisotopic (exact) mass is 266 g/mol. The van der Waals surface area contributed by atoms with E-state index < -0.39 is 0 Å². The summed E-state index contributed by atoms with van der Waals surface area (Å²) in [6, 6.07) is 5.94. The highest BCUT2D eigenvalue weighted by molar-refractivity contribution is 9.10. The van der Waals surface area contributed by atoms with Crippen LogP contribution in [0.2, 0.25) is 0 Å². The Balaban J connectivity index is 2.19. The highest BCUT2D eigenvalue weighted by Crippen LogP contribution is 2.45. The molecule has 2 nitrogen and oxygen atoms in total. The predicted molar refractivity (Wildman–Crippen MR) is 60.2 cm³/mol. The van der Waals surface area contributed by atoms with Gasteiger partial charge in [0, 0.05) is 28.5 Å². The third-order valence-corrected chi connectivity index (χ3v) is 3.95. The normalized spacial score (nSPS) is 28.7. The van der Waals surface area contributed by atoms with Crippen molar-refractivity contribution in [3.8, 4) is 0 Å². The second-order valence-corrected chi connectivity index (χ2v) is 5.29. The molecule has 0 N–H and O–H groups in total. The lowest BCUT2D eigenvalue weighted by atomic mass is 9.81. The molecule has 1 heterocycles. The van der Waals surface area contributed by atoms with Crippen LogP contribution in [0.3, 0.4) is 0 Å². The van der Waals surface area contributed by atoms with E-state index in [1.807, 2.05) is 12.1 Å². The first kappa shape index (κ1) is 9.55. The lowest BCUT2D eigenvalue weighted by Gasteiger charge is -2.21. The molecule has 1 aromatic rings. The minimum absolute atomic E-state index is 0.0177. The van der Waals surface area contributed by atoms with Gasteiger partial charge in [0.25, 0.3) is 0 Å². The van der Waals surface area contributed by atoms with Gasteiger partial charge in [0.15, 0.2) is 5.78 Å². The first-order valence-corrected chi connectivity index (χ1v) is 5.92. The fourth-order valence-corrected chi connectivity index (χ4v) is 3.02. The van der Waals surface area contributed by atoms with Gasteiger partial charge >= 0.3 is 0 Å². The van der Waals surface area contributed by atoms with E-state index in [0.717, 1.165) is 23.1 Å². The molecule has 3 heteroatoms. The van der Waals surface area contributed by atoms with E-state index in [0.29, 0.717) is 13.0 Å². The van der Waals surface area contributed by atoms with Gasteiger partial charge in [-0.05, 0) is 30.2 Å². The number of Topliss-reactive ketones (excluding diaryl/α,β-unsaturated/α-hetero) is 1. The highest BCUT2D eigenvalue weighted by atomic mass is 79.9. The van der Waals surface area contributed by atoms with E-state index in [9.17, 15) is 4.79 Å². The molecule has 2 aliphatic rings. The van der Waals surface area contributed by atoms with Crippen LogP contribution in [-0.2, 0) is 10.2 Å². The maximum Gasteiger partial charge on any atom is 0.164 e. The fourth-order valence-electron chi connectivity index (χ4n) is 2.66. The number of ether oxygens (including phenoxy) is 1. The lowest BCUT2D eigenvalue weighted by Crippen LogP contribution is -2.23. The van der Waals surface area contributed by atoms with Crippen LogP contribution in [0.4, 0.5) is 0 Å². The molecule has 3 rings (SSSR count). The van der Waals surface area contributed by atoms with Gasteiger partial charge in [-0.3, -0.25) is 4.79 Å². The molecule has 0 aromatic heterocycles. The van der Waals surface area contributed by atoms with Gasteiger partial charge in [-0.25, -0.2) is 0 Å². The number of rotatable bonds is 0. The lowest BCUT2D eigenvalue weighted by molar-refractivity contribution is 0.0964. The van der Waals surface area contributed by atoms with Gasteiger partial charge in [0.05, 0.1) is 6.61 Å². The minimum atomic E-state index is -0.0177. The number of hydrogen-bond donors (Lipinski definition) is 0. The summed E-state index contributed by atoms with van der Waals surface area (Å²) in [6.45, 7) is 1.47. The molecule has 0 bridgehead atoms. The Morgan fingerprint density at radius 1 is 1.40 bits per heavy atom. The summed E-state index contributed by atoms with van der Waals surface area (Å²) in [5.41, 5.74) is 2.05.